The lowest BCUT2D eigenvalue weighted by atomic mass is 9.97. The van der Waals surface area contributed by atoms with Crippen LogP contribution in [0, 0.1) is 0 Å². The number of nitrogens with one attached hydrogen (secondary N) is 5. The molecule has 194 valence electrons. The molecule has 8 heteroatoms. The maximum Gasteiger partial charge on any atom is 0.248 e. The molecule has 0 saturated carbocycles. The zero-order chi connectivity index (χ0) is 26.2. The van der Waals surface area contributed by atoms with Gasteiger partial charge in [-0.2, -0.15) is 0 Å². The average molecular weight is 509 g/mol. The zero-order valence-electron chi connectivity index (χ0n) is 21.2. The summed E-state index contributed by atoms with van der Waals surface area (Å²) in [6.07, 6.45) is 12.5. The standard InChI is InChI=1S/C30H32N6O2/c37-27(35-25-11-7-23(8-12-25)29-31-17-18-32-29)15-5-21-1-2-22(4-3-21)6-16-28(38)36-26-13-9-24(10-14-26)30-33-19-20-34-30/h1-2,5-16,29,31-32H,3-4,17-20H2,(H,33,34)(H,35,37)(H,36,38). The van der Waals surface area contributed by atoms with Gasteiger partial charge in [-0.15, -0.1) is 0 Å². The Balaban J connectivity index is 1.08. The van der Waals surface area contributed by atoms with Crippen LogP contribution in [0.4, 0.5) is 11.4 Å². The van der Waals surface area contributed by atoms with E-state index in [2.05, 4.69) is 31.6 Å². The van der Waals surface area contributed by atoms with E-state index in [0.29, 0.717) is 0 Å². The number of nitrogens with zero attached hydrogens (tertiary/aromatic N) is 1. The minimum Gasteiger partial charge on any atom is -0.368 e. The van der Waals surface area contributed by atoms with E-state index in [1.165, 1.54) is 0 Å². The van der Waals surface area contributed by atoms with Gasteiger partial charge in [0.25, 0.3) is 0 Å². The number of rotatable bonds is 8. The molecule has 1 aliphatic carbocycles. The highest BCUT2D eigenvalue weighted by Gasteiger charge is 2.14. The lowest BCUT2D eigenvalue weighted by Crippen LogP contribution is -2.21. The summed E-state index contributed by atoms with van der Waals surface area (Å²) in [5.74, 6) is 0.558. The summed E-state index contributed by atoms with van der Waals surface area (Å²) in [5.41, 5.74) is 5.80. The van der Waals surface area contributed by atoms with Gasteiger partial charge in [0.2, 0.25) is 11.8 Å². The molecule has 5 rings (SSSR count). The Morgan fingerprint density at radius 3 is 1.82 bits per heavy atom. The summed E-state index contributed by atoms with van der Waals surface area (Å²) in [6, 6.07) is 15.5. The molecule has 0 spiro atoms. The third-order valence-corrected chi connectivity index (χ3v) is 6.54. The van der Waals surface area contributed by atoms with E-state index in [-0.39, 0.29) is 18.0 Å². The summed E-state index contributed by atoms with van der Waals surface area (Å²) in [6.45, 7) is 3.57. The quantitative estimate of drug-likeness (QED) is 0.351. The van der Waals surface area contributed by atoms with Crippen molar-refractivity contribution in [2.45, 2.75) is 19.0 Å². The number of amides is 2. The molecule has 0 aromatic heterocycles. The lowest BCUT2D eigenvalue weighted by molar-refractivity contribution is -0.112. The van der Waals surface area contributed by atoms with Crippen LogP contribution < -0.4 is 26.6 Å². The Labute approximate surface area is 222 Å². The van der Waals surface area contributed by atoms with Crippen LogP contribution in [0.1, 0.15) is 30.1 Å². The molecule has 2 amide bonds. The molecule has 3 aliphatic rings. The summed E-state index contributed by atoms with van der Waals surface area (Å²) in [5, 5.41) is 15.8. The van der Waals surface area contributed by atoms with Crippen molar-refractivity contribution in [3.05, 3.63) is 107 Å². The van der Waals surface area contributed by atoms with Crippen LogP contribution in [0.3, 0.4) is 0 Å². The largest absolute Gasteiger partial charge is 0.368 e. The van der Waals surface area contributed by atoms with E-state index < -0.39 is 0 Å². The molecular weight excluding hydrogens is 476 g/mol. The highest BCUT2D eigenvalue weighted by Crippen LogP contribution is 2.21. The van der Waals surface area contributed by atoms with Gasteiger partial charge in [0.05, 0.1) is 12.7 Å². The molecule has 2 heterocycles. The first-order valence-corrected chi connectivity index (χ1v) is 13.0. The van der Waals surface area contributed by atoms with Crippen LogP contribution in [-0.2, 0) is 9.59 Å². The SMILES string of the molecule is O=C(C=CC1=CC=C(C=CC(=O)Nc2ccc(C3NCCN3)cc2)CC1)Nc1ccc(C2=NCCN2)cc1. The van der Waals surface area contributed by atoms with Crippen molar-refractivity contribution in [1.29, 1.82) is 0 Å². The van der Waals surface area contributed by atoms with Crippen LogP contribution in [0.15, 0.2) is 101 Å². The van der Waals surface area contributed by atoms with Crippen molar-refractivity contribution in [3.63, 3.8) is 0 Å². The molecule has 0 unspecified atom stereocenters. The summed E-state index contributed by atoms with van der Waals surface area (Å²) < 4.78 is 0. The molecule has 5 N–H and O–H groups in total. The number of hydrogen-bond donors (Lipinski definition) is 5. The second-order valence-electron chi connectivity index (χ2n) is 9.33. The Morgan fingerprint density at radius 1 is 0.763 bits per heavy atom. The molecule has 2 aromatic carbocycles. The van der Waals surface area contributed by atoms with Crippen LogP contribution in [-0.4, -0.2) is 43.8 Å². The molecule has 0 radical (unpaired) electrons. The molecule has 0 atom stereocenters. The van der Waals surface area contributed by atoms with Gasteiger partial charge >= 0.3 is 0 Å². The Bertz CT molecular complexity index is 1310. The first-order valence-electron chi connectivity index (χ1n) is 13.0. The molecule has 2 aromatic rings. The summed E-state index contributed by atoms with van der Waals surface area (Å²) in [7, 11) is 0. The van der Waals surface area contributed by atoms with Crippen molar-refractivity contribution in [2.75, 3.05) is 36.8 Å². The Kier molecular flexibility index (Phi) is 8.23. The van der Waals surface area contributed by atoms with Crippen molar-refractivity contribution in [3.8, 4) is 0 Å². The Morgan fingerprint density at radius 2 is 1.32 bits per heavy atom. The van der Waals surface area contributed by atoms with Gasteiger partial charge in [-0.25, -0.2) is 0 Å². The molecule has 0 bridgehead atoms. The predicted molar refractivity (Wildman–Crippen MR) is 152 cm³/mol. The first kappa shape index (κ1) is 25.4. The van der Waals surface area contributed by atoms with Crippen molar-refractivity contribution < 1.29 is 9.59 Å². The number of benzene rings is 2. The fourth-order valence-electron chi connectivity index (χ4n) is 4.48. The third-order valence-electron chi connectivity index (χ3n) is 6.54. The molecule has 38 heavy (non-hydrogen) atoms. The van der Waals surface area contributed by atoms with Crippen molar-refractivity contribution in [1.82, 2.24) is 16.0 Å². The fourth-order valence-corrected chi connectivity index (χ4v) is 4.48. The number of allylic oxidation sites excluding steroid dienone is 6. The lowest BCUT2D eigenvalue weighted by Gasteiger charge is -2.12. The number of carbonyl (C=O) groups excluding carboxylic acids is 2. The normalized spacial score (nSPS) is 17.7. The van der Waals surface area contributed by atoms with Gasteiger partial charge in [0.1, 0.15) is 5.84 Å². The molecule has 1 saturated heterocycles. The second kappa shape index (κ2) is 12.3. The third kappa shape index (κ3) is 6.94. The van der Waals surface area contributed by atoms with E-state index in [1.807, 2.05) is 72.8 Å². The van der Waals surface area contributed by atoms with Crippen molar-refractivity contribution in [2.24, 2.45) is 4.99 Å². The minimum atomic E-state index is -0.176. The van der Waals surface area contributed by atoms with Gasteiger partial charge in [-0.1, -0.05) is 36.4 Å². The van der Waals surface area contributed by atoms with Gasteiger partial charge in [0, 0.05) is 48.7 Å². The van der Waals surface area contributed by atoms with E-state index >= 15 is 0 Å². The minimum absolute atomic E-state index is 0.164. The Hall–Kier alpha value is -4.27. The topological polar surface area (TPSA) is 107 Å². The second-order valence-corrected chi connectivity index (χ2v) is 9.33. The highest BCUT2D eigenvalue weighted by atomic mass is 16.2. The van der Waals surface area contributed by atoms with Crippen LogP contribution in [0.5, 0.6) is 0 Å². The average Bonchev–Trinajstić information content (AvgIpc) is 3.68. The van der Waals surface area contributed by atoms with E-state index in [4.69, 9.17) is 0 Å². The van der Waals surface area contributed by atoms with E-state index in [1.54, 1.807) is 12.2 Å². The number of aliphatic imine (C=N–C) groups is 1. The first-order chi connectivity index (χ1) is 18.6. The maximum atomic E-state index is 12.3. The van der Waals surface area contributed by atoms with Crippen LogP contribution in [0.25, 0.3) is 0 Å². The maximum absolute atomic E-state index is 12.3. The van der Waals surface area contributed by atoms with Gasteiger partial charge in [-0.05, 0) is 65.9 Å². The van der Waals surface area contributed by atoms with E-state index in [9.17, 15) is 9.59 Å². The summed E-state index contributed by atoms with van der Waals surface area (Å²) >= 11 is 0. The fraction of sp³-hybridized carbons (Fsp3) is 0.233. The highest BCUT2D eigenvalue weighted by molar-refractivity contribution is 6.02. The van der Waals surface area contributed by atoms with Crippen LogP contribution >= 0.6 is 0 Å². The number of hydrogen-bond acceptors (Lipinski definition) is 6. The van der Waals surface area contributed by atoms with Gasteiger partial charge < -0.3 is 16.0 Å². The van der Waals surface area contributed by atoms with Gasteiger partial charge in [0.15, 0.2) is 0 Å². The molecule has 2 aliphatic heterocycles. The van der Waals surface area contributed by atoms with E-state index in [0.717, 1.165) is 78.5 Å². The number of amidine groups is 1. The molecular formula is C30H32N6O2. The van der Waals surface area contributed by atoms with Crippen LogP contribution in [0.2, 0.25) is 0 Å². The van der Waals surface area contributed by atoms with Gasteiger partial charge in [-0.3, -0.25) is 25.2 Å². The number of carbonyl (C=O) groups is 2. The smallest absolute Gasteiger partial charge is 0.248 e. The van der Waals surface area contributed by atoms with Crippen molar-refractivity contribution >= 4 is 29.0 Å². The predicted octanol–water partition coefficient (Wildman–Crippen LogP) is 3.56. The molecule has 1 fully saturated rings. The number of anilines is 2. The summed E-state index contributed by atoms with van der Waals surface area (Å²) in [4.78, 5) is 29.1. The monoisotopic (exact) mass is 508 g/mol. The zero-order valence-corrected chi connectivity index (χ0v) is 21.2. The molecule has 8 nitrogen and oxygen atoms in total.